The Balaban J connectivity index is 3.19. The van der Waals surface area contributed by atoms with E-state index in [9.17, 15) is 4.79 Å². The number of hydrogen-bond acceptors (Lipinski definition) is 1. The van der Waals surface area contributed by atoms with Crippen molar-refractivity contribution in [2.24, 2.45) is 0 Å². The summed E-state index contributed by atoms with van der Waals surface area (Å²) in [5, 5.41) is 0. The third-order valence-electron chi connectivity index (χ3n) is 1.54. The van der Waals surface area contributed by atoms with Gasteiger partial charge >= 0.3 is 0 Å². The molecule has 1 radical (unpaired) electrons. The molecule has 0 saturated heterocycles. The van der Waals surface area contributed by atoms with Crippen molar-refractivity contribution in [3.8, 4) is 0 Å². The Bertz CT molecular complexity index is 267. The monoisotopic (exact) mass is 147 g/mol. The van der Waals surface area contributed by atoms with Gasteiger partial charge in [-0.1, -0.05) is 17.2 Å². The average Bonchev–Trinajstić information content (AvgIpc) is 1.85. The zero-order valence-electron chi connectivity index (χ0n) is 6.85. The Morgan fingerprint density at radius 2 is 1.64 bits per heavy atom. The molecule has 1 heteroatoms. The van der Waals surface area contributed by atoms with Crippen molar-refractivity contribution in [2.75, 3.05) is 0 Å². The zero-order valence-corrected chi connectivity index (χ0v) is 6.85. The van der Waals surface area contributed by atoms with E-state index in [1.807, 2.05) is 32.0 Å². The first-order valence-electron chi connectivity index (χ1n) is 3.54. The number of carbonyl (C=O) groups excluding carboxylic acids is 1. The smallest absolute Gasteiger partial charge is 0.163 e. The summed E-state index contributed by atoms with van der Waals surface area (Å²) >= 11 is 0. The summed E-state index contributed by atoms with van der Waals surface area (Å²) in [5.74, 6) is -0.114. The van der Waals surface area contributed by atoms with Crippen LogP contribution in [0.4, 0.5) is 0 Å². The fourth-order valence-corrected chi connectivity index (χ4v) is 1.14. The van der Waals surface area contributed by atoms with Crippen LogP contribution in [0.1, 0.15) is 21.5 Å². The minimum absolute atomic E-state index is 0.114. The standard InChI is InChI=1S/C10H11O/c1-7-4-8(2)6-10(5-7)9(3)11/h4-6H,3H2,1-2H3. The SMILES string of the molecule is [CH2]C(=O)c1cc(C)cc(C)c1. The quantitative estimate of drug-likeness (QED) is 0.557. The van der Waals surface area contributed by atoms with Gasteiger partial charge in [0.15, 0.2) is 5.78 Å². The van der Waals surface area contributed by atoms with E-state index in [4.69, 9.17) is 0 Å². The highest BCUT2D eigenvalue weighted by Crippen LogP contribution is 2.08. The predicted molar refractivity (Wildman–Crippen MR) is 45.6 cm³/mol. The molecule has 0 spiro atoms. The Kier molecular flexibility index (Phi) is 2.08. The second kappa shape index (κ2) is 2.87. The molecule has 1 aromatic carbocycles. The molecule has 57 valence electrons. The molecule has 1 aromatic rings. The number of carbonyl (C=O) groups is 1. The second-order valence-electron chi connectivity index (χ2n) is 2.80. The van der Waals surface area contributed by atoms with Crippen LogP contribution in [0.3, 0.4) is 0 Å². The molecule has 0 amide bonds. The van der Waals surface area contributed by atoms with E-state index >= 15 is 0 Å². The second-order valence-corrected chi connectivity index (χ2v) is 2.80. The van der Waals surface area contributed by atoms with Crippen LogP contribution in [0.2, 0.25) is 0 Å². The van der Waals surface area contributed by atoms with Crippen molar-refractivity contribution in [2.45, 2.75) is 13.8 Å². The first kappa shape index (κ1) is 7.99. The minimum Gasteiger partial charge on any atom is -0.294 e. The van der Waals surface area contributed by atoms with Crippen molar-refractivity contribution < 1.29 is 4.79 Å². The van der Waals surface area contributed by atoms with E-state index in [2.05, 4.69) is 6.92 Å². The Labute approximate surface area is 67.1 Å². The highest BCUT2D eigenvalue weighted by Gasteiger charge is 1.99. The predicted octanol–water partition coefficient (Wildman–Crippen LogP) is 2.32. The van der Waals surface area contributed by atoms with Crippen LogP contribution in [0.15, 0.2) is 18.2 Å². The van der Waals surface area contributed by atoms with E-state index in [0.717, 1.165) is 11.1 Å². The molecule has 1 rings (SSSR count). The van der Waals surface area contributed by atoms with E-state index in [1.165, 1.54) is 0 Å². The summed E-state index contributed by atoms with van der Waals surface area (Å²) < 4.78 is 0. The lowest BCUT2D eigenvalue weighted by atomic mass is 10.1. The van der Waals surface area contributed by atoms with Crippen LogP contribution in [0, 0.1) is 20.8 Å². The van der Waals surface area contributed by atoms with Gasteiger partial charge in [0.05, 0.1) is 0 Å². The van der Waals surface area contributed by atoms with Crippen LogP contribution >= 0.6 is 0 Å². The molecule has 0 aliphatic heterocycles. The minimum atomic E-state index is -0.114. The van der Waals surface area contributed by atoms with Gasteiger partial charge in [0, 0.05) is 12.5 Å². The maximum atomic E-state index is 10.8. The van der Waals surface area contributed by atoms with E-state index < -0.39 is 0 Å². The molecule has 1 nitrogen and oxygen atoms in total. The first-order valence-corrected chi connectivity index (χ1v) is 3.54. The fraction of sp³-hybridized carbons (Fsp3) is 0.200. The van der Waals surface area contributed by atoms with Gasteiger partial charge in [0.1, 0.15) is 0 Å². The summed E-state index contributed by atoms with van der Waals surface area (Å²) in [7, 11) is 0. The third kappa shape index (κ3) is 1.90. The number of rotatable bonds is 1. The molecule has 0 aliphatic carbocycles. The van der Waals surface area contributed by atoms with Gasteiger partial charge in [0.25, 0.3) is 0 Å². The average molecular weight is 147 g/mol. The van der Waals surface area contributed by atoms with E-state index in [-0.39, 0.29) is 5.78 Å². The number of ketones is 1. The summed E-state index contributed by atoms with van der Waals surface area (Å²) in [6.45, 7) is 7.30. The first-order chi connectivity index (χ1) is 5.09. The Morgan fingerprint density at radius 3 is 2.00 bits per heavy atom. The lowest BCUT2D eigenvalue weighted by Crippen LogP contribution is -1.93. The van der Waals surface area contributed by atoms with Crippen molar-refractivity contribution in [3.63, 3.8) is 0 Å². The molecule has 0 aromatic heterocycles. The van der Waals surface area contributed by atoms with Gasteiger partial charge in [0.2, 0.25) is 0 Å². The molecule has 0 atom stereocenters. The highest BCUT2D eigenvalue weighted by atomic mass is 16.1. The van der Waals surface area contributed by atoms with Crippen LogP contribution in [0.25, 0.3) is 0 Å². The number of Topliss-reactive ketones (excluding diaryl/α,β-unsaturated/α-hetero) is 1. The summed E-state index contributed by atoms with van der Waals surface area (Å²) in [4.78, 5) is 10.8. The largest absolute Gasteiger partial charge is 0.294 e. The van der Waals surface area contributed by atoms with Crippen molar-refractivity contribution in [3.05, 3.63) is 41.8 Å². The number of benzene rings is 1. The van der Waals surface area contributed by atoms with Crippen LogP contribution in [-0.2, 0) is 0 Å². The van der Waals surface area contributed by atoms with Gasteiger partial charge in [-0.25, -0.2) is 0 Å². The Morgan fingerprint density at radius 1 is 1.18 bits per heavy atom. The van der Waals surface area contributed by atoms with Gasteiger partial charge in [-0.15, -0.1) is 0 Å². The highest BCUT2D eigenvalue weighted by molar-refractivity contribution is 5.99. The lowest BCUT2D eigenvalue weighted by Gasteiger charge is -1.99. The number of hydrogen-bond donors (Lipinski definition) is 0. The molecule has 0 saturated carbocycles. The normalized spacial score (nSPS) is 9.73. The van der Waals surface area contributed by atoms with Gasteiger partial charge in [-0.2, -0.15) is 0 Å². The van der Waals surface area contributed by atoms with Crippen molar-refractivity contribution in [1.82, 2.24) is 0 Å². The summed E-state index contributed by atoms with van der Waals surface area (Å²) in [6.07, 6.45) is 0. The maximum absolute atomic E-state index is 10.8. The maximum Gasteiger partial charge on any atom is 0.163 e. The molecule has 0 bridgehead atoms. The van der Waals surface area contributed by atoms with E-state index in [1.54, 1.807) is 0 Å². The third-order valence-corrected chi connectivity index (χ3v) is 1.54. The lowest BCUT2D eigenvalue weighted by molar-refractivity contribution is 0.104. The van der Waals surface area contributed by atoms with Crippen LogP contribution in [0.5, 0.6) is 0 Å². The molecule has 0 N–H and O–H groups in total. The Hall–Kier alpha value is -1.11. The van der Waals surface area contributed by atoms with Crippen molar-refractivity contribution in [1.29, 1.82) is 0 Å². The van der Waals surface area contributed by atoms with E-state index in [0.29, 0.717) is 5.56 Å². The molecule has 0 unspecified atom stereocenters. The molecule has 11 heavy (non-hydrogen) atoms. The van der Waals surface area contributed by atoms with Crippen LogP contribution < -0.4 is 0 Å². The summed E-state index contributed by atoms with van der Waals surface area (Å²) in [6, 6.07) is 5.73. The zero-order chi connectivity index (χ0) is 8.43. The molecular weight excluding hydrogens is 136 g/mol. The van der Waals surface area contributed by atoms with Gasteiger partial charge in [-0.05, 0) is 26.0 Å². The molecule has 0 heterocycles. The topological polar surface area (TPSA) is 17.1 Å². The fourth-order valence-electron chi connectivity index (χ4n) is 1.14. The summed E-state index contributed by atoms with van der Waals surface area (Å²) in [5.41, 5.74) is 2.91. The molecule has 0 fully saturated rings. The van der Waals surface area contributed by atoms with Crippen LogP contribution in [-0.4, -0.2) is 5.78 Å². The van der Waals surface area contributed by atoms with Gasteiger partial charge in [-0.3, -0.25) is 4.79 Å². The van der Waals surface area contributed by atoms with Crippen molar-refractivity contribution >= 4 is 5.78 Å². The molecular formula is C10H11O. The van der Waals surface area contributed by atoms with Gasteiger partial charge < -0.3 is 0 Å². The number of aryl methyl sites for hydroxylation is 2. The molecule has 0 aliphatic rings.